The molecule has 1 N–H and O–H groups in total. The van der Waals surface area contributed by atoms with Crippen molar-refractivity contribution >= 4 is 0 Å². The lowest BCUT2D eigenvalue weighted by Crippen LogP contribution is -2.62. The topological polar surface area (TPSA) is 29.5 Å². The molecule has 1 spiro atoms. The molecule has 0 radical (unpaired) electrons. The highest BCUT2D eigenvalue weighted by Gasteiger charge is 2.73. The second-order valence-electron chi connectivity index (χ2n) is 5.99. The summed E-state index contributed by atoms with van der Waals surface area (Å²) in [5.74, 6) is 0. The first-order valence-electron chi connectivity index (χ1n) is 6.09. The van der Waals surface area contributed by atoms with Crippen LogP contribution < -0.4 is 0 Å². The van der Waals surface area contributed by atoms with Gasteiger partial charge in [0.1, 0.15) is 0 Å². The van der Waals surface area contributed by atoms with Crippen molar-refractivity contribution in [3.05, 3.63) is 0 Å². The minimum atomic E-state index is -0.159. The van der Waals surface area contributed by atoms with E-state index in [0.717, 1.165) is 6.42 Å². The summed E-state index contributed by atoms with van der Waals surface area (Å²) in [6.45, 7) is 0. The summed E-state index contributed by atoms with van der Waals surface area (Å²) < 4.78 is 5.97. The number of aliphatic hydroxyl groups is 1. The van der Waals surface area contributed by atoms with Crippen LogP contribution in [-0.4, -0.2) is 23.4 Å². The molecule has 0 aromatic rings. The second kappa shape index (κ2) is 2.19. The number of ether oxygens (including phenoxy) is 1. The Bertz CT molecular complexity index is 290. The van der Waals surface area contributed by atoms with Gasteiger partial charge in [0.15, 0.2) is 0 Å². The normalized spacial score (nSPS) is 64.5. The maximum atomic E-state index is 10.00. The molecule has 1 aliphatic heterocycles. The van der Waals surface area contributed by atoms with Crippen LogP contribution in [0.15, 0.2) is 0 Å². The van der Waals surface area contributed by atoms with E-state index in [4.69, 9.17) is 4.74 Å². The van der Waals surface area contributed by atoms with Gasteiger partial charge in [-0.15, -0.1) is 0 Å². The monoisotopic (exact) mass is 194 g/mol. The molecule has 4 fully saturated rings. The molecule has 4 rings (SSSR count). The Hall–Kier alpha value is -0.0800. The highest BCUT2D eigenvalue weighted by molar-refractivity contribution is 5.22. The molecular weight excluding hydrogens is 176 g/mol. The Morgan fingerprint density at radius 2 is 1.93 bits per heavy atom. The fourth-order valence-electron chi connectivity index (χ4n) is 5.04. The van der Waals surface area contributed by atoms with Crippen LogP contribution in [-0.2, 0) is 4.74 Å². The summed E-state index contributed by atoms with van der Waals surface area (Å²) >= 11 is 0. The van der Waals surface area contributed by atoms with E-state index in [9.17, 15) is 5.11 Å². The van der Waals surface area contributed by atoms with Gasteiger partial charge in [-0.25, -0.2) is 0 Å². The molecule has 0 unspecified atom stereocenters. The predicted octanol–water partition coefficient (Wildman–Crippen LogP) is 1.86. The van der Waals surface area contributed by atoms with Crippen LogP contribution in [0.3, 0.4) is 0 Å². The summed E-state index contributed by atoms with van der Waals surface area (Å²) in [7, 11) is 0. The van der Waals surface area contributed by atoms with Crippen molar-refractivity contribution in [2.24, 2.45) is 10.8 Å². The van der Waals surface area contributed by atoms with E-state index in [1.807, 2.05) is 0 Å². The van der Waals surface area contributed by atoms with Gasteiger partial charge in [-0.2, -0.15) is 0 Å². The Morgan fingerprint density at radius 1 is 1.07 bits per heavy atom. The van der Waals surface area contributed by atoms with Gasteiger partial charge in [-0.05, 0) is 37.5 Å². The van der Waals surface area contributed by atoms with Crippen molar-refractivity contribution in [3.8, 4) is 0 Å². The van der Waals surface area contributed by atoms with Gasteiger partial charge in [-0.1, -0.05) is 12.8 Å². The van der Waals surface area contributed by atoms with Gasteiger partial charge in [0.2, 0.25) is 0 Å². The molecule has 5 atom stereocenters. The number of hydrogen-bond donors (Lipinski definition) is 1. The lowest BCUT2D eigenvalue weighted by molar-refractivity contribution is -0.182. The van der Waals surface area contributed by atoms with Crippen molar-refractivity contribution in [2.75, 3.05) is 0 Å². The quantitative estimate of drug-likeness (QED) is 0.638. The van der Waals surface area contributed by atoms with Crippen molar-refractivity contribution in [1.29, 1.82) is 0 Å². The van der Waals surface area contributed by atoms with Crippen LogP contribution in [0.2, 0.25) is 0 Å². The molecule has 2 bridgehead atoms. The molecule has 78 valence electrons. The number of hydrogen-bond acceptors (Lipinski definition) is 2. The standard InChI is InChI=1S/C12H18O2/c13-8-5-11-3-1-2-4-12(11)6-9(8)14-10(12)7-11/h8-10,13H,1-7H2/t8-,9-,10+,11-,12+/m1/s1. The average molecular weight is 194 g/mol. The van der Waals surface area contributed by atoms with Crippen LogP contribution in [0.25, 0.3) is 0 Å². The molecular formula is C12H18O2. The largest absolute Gasteiger partial charge is 0.390 e. The Morgan fingerprint density at radius 3 is 2.86 bits per heavy atom. The van der Waals surface area contributed by atoms with Crippen molar-refractivity contribution in [1.82, 2.24) is 0 Å². The average Bonchev–Trinajstić information content (AvgIpc) is 2.32. The zero-order chi connectivity index (χ0) is 9.39. The Kier molecular flexibility index (Phi) is 1.27. The summed E-state index contributed by atoms with van der Waals surface area (Å²) in [6, 6.07) is 0. The zero-order valence-electron chi connectivity index (χ0n) is 8.54. The highest BCUT2D eigenvalue weighted by atomic mass is 16.5. The molecule has 0 aromatic carbocycles. The van der Waals surface area contributed by atoms with Crippen molar-refractivity contribution in [2.45, 2.75) is 63.3 Å². The Balaban J connectivity index is 1.80. The van der Waals surface area contributed by atoms with Crippen molar-refractivity contribution < 1.29 is 9.84 Å². The minimum Gasteiger partial charge on any atom is -0.390 e. The van der Waals surface area contributed by atoms with E-state index in [-0.39, 0.29) is 12.2 Å². The SMILES string of the molecule is O[C@@H]1C[C@@]23CCCC[C@@]24C[C@H]1O[C@H]4C3. The van der Waals surface area contributed by atoms with Gasteiger partial charge < -0.3 is 9.84 Å². The summed E-state index contributed by atoms with van der Waals surface area (Å²) in [6.07, 6.45) is 9.51. The maximum absolute atomic E-state index is 10.00. The van der Waals surface area contributed by atoms with Crippen LogP contribution in [0, 0.1) is 10.8 Å². The summed E-state index contributed by atoms with van der Waals surface area (Å²) in [5, 5.41) is 10.00. The first-order chi connectivity index (χ1) is 6.76. The molecule has 1 heterocycles. The molecule has 1 saturated heterocycles. The van der Waals surface area contributed by atoms with Crippen LogP contribution >= 0.6 is 0 Å². The highest BCUT2D eigenvalue weighted by Crippen LogP contribution is 2.75. The lowest BCUT2D eigenvalue weighted by atomic mass is 9.39. The summed E-state index contributed by atoms with van der Waals surface area (Å²) in [5.41, 5.74) is 1.03. The van der Waals surface area contributed by atoms with Gasteiger partial charge in [0, 0.05) is 5.41 Å². The molecule has 0 aromatic heterocycles. The van der Waals surface area contributed by atoms with E-state index < -0.39 is 0 Å². The van der Waals surface area contributed by atoms with E-state index >= 15 is 0 Å². The fourth-order valence-corrected chi connectivity index (χ4v) is 5.04. The third-order valence-electron chi connectivity index (χ3n) is 5.71. The summed E-state index contributed by atoms with van der Waals surface area (Å²) in [4.78, 5) is 0. The first-order valence-corrected chi connectivity index (χ1v) is 6.09. The van der Waals surface area contributed by atoms with E-state index in [1.54, 1.807) is 0 Å². The van der Waals surface area contributed by atoms with E-state index in [2.05, 4.69) is 0 Å². The number of aliphatic hydroxyl groups excluding tert-OH is 1. The molecule has 2 nitrogen and oxygen atoms in total. The van der Waals surface area contributed by atoms with Crippen LogP contribution in [0.4, 0.5) is 0 Å². The maximum Gasteiger partial charge on any atom is 0.0844 e. The van der Waals surface area contributed by atoms with E-state index in [0.29, 0.717) is 16.9 Å². The lowest BCUT2D eigenvalue weighted by Gasteiger charge is -2.65. The molecule has 3 aliphatic carbocycles. The predicted molar refractivity (Wildman–Crippen MR) is 51.9 cm³/mol. The van der Waals surface area contributed by atoms with Crippen LogP contribution in [0.1, 0.15) is 44.9 Å². The van der Waals surface area contributed by atoms with Crippen LogP contribution in [0.5, 0.6) is 0 Å². The molecule has 14 heavy (non-hydrogen) atoms. The molecule has 2 heteroatoms. The van der Waals surface area contributed by atoms with Gasteiger partial charge in [-0.3, -0.25) is 0 Å². The minimum absolute atomic E-state index is 0.159. The fraction of sp³-hybridized carbons (Fsp3) is 1.00. The smallest absolute Gasteiger partial charge is 0.0844 e. The van der Waals surface area contributed by atoms with Gasteiger partial charge >= 0.3 is 0 Å². The van der Waals surface area contributed by atoms with Gasteiger partial charge in [0.05, 0.1) is 18.3 Å². The number of rotatable bonds is 0. The number of fused-ring (bicyclic) bond motifs is 1. The van der Waals surface area contributed by atoms with E-state index in [1.165, 1.54) is 38.5 Å². The Labute approximate surface area is 84.6 Å². The third kappa shape index (κ3) is 0.646. The molecule has 3 saturated carbocycles. The molecule has 4 aliphatic rings. The molecule has 0 amide bonds. The zero-order valence-corrected chi connectivity index (χ0v) is 8.54. The second-order valence-corrected chi connectivity index (χ2v) is 5.99. The first kappa shape index (κ1) is 8.12. The third-order valence-corrected chi connectivity index (χ3v) is 5.71. The van der Waals surface area contributed by atoms with Crippen molar-refractivity contribution in [3.63, 3.8) is 0 Å². The van der Waals surface area contributed by atoms with Gasteiger partial charge in [0.25, 0.3) is 0 Å².